The van der Waals surface area contributed by atoms with Gasteiger partial charge in [0, 0.05) is 17.1 Å². The van der Waals surface area contributed by atoms with E-state index in [9.17, 15) is 31.1 Å². The third-order valence-electron chi connectivity index (χ3n) is 5.20. The van der Waals surface area contributed by atoms with Crippen LogP contribution in [0.5, 0.6) is 0 Å². The SMILES string of the molecule is CCC1CN(C(C(=O)OC)c2cc(C(F)(F)F)cc(C(F)(F)F)c2)c2cc(Br)ccc2N1. The highest BCUT2D eigenvalue weighted by molar-refractivity contribution is 9.10. The minimum Gasteiger partial charge on any atom is -0.467 e. The largest absolute Gasteiger partial charge is 0.467 e. The van der Waals surface area contributed by atoms with Crippen molar-refractivity contribution in [1.82, 2.24) is 0 Å². The van der Waals surface area contributed by atoms with Crippen LogP contribution in [0.2, 0.25) is 0 Å². The minimum atomic E-state index is -5.03. The molecule has 1 N–H and O–H groups in total. The summed E-state index contributed by atoms with van der Waals surface area (Å²) in [5, 5.41) is 3.26. The third-order valence-corrected chi connectivity index (χ3v) is 5.69. The number of nitrogens with one attached hydrogen (secondary N) is 1. The Morgan fingerprint density at radius 2 is 1.72 bits per heavy atom. The van der Waals surface area contributed by atoms with Gasteiger partial charge in [-0.1, -0.05) is 22.9 Å². The first-order valence-corrected chi connectivity index (χ1v) is 10.3. The number of esters is 1. The fourth-order valence-electron chi connectivity index (χ4n) is 3.63. The number of carbonyl (C=O) groups excluding carboxylic acids is 1. The molecule has 2 atom stereocenters. The van der Waals surface area contributed by atoms with Gasteiger partial charge in [0.1, 0.15) is 0 Å². The van der Waals surface area contributed by atoms with E-state index in [1.807, 2.05) is 6.92 Å². The van der Waals surface area contributed by atoms with Gasteiger partial charge in [-0.25, -0.2) is 4.79 Å². The molecule has 174 valence electrons. The molecule has 1 aliphatic heterocycles. The molecule has 0 saturated carbocycles. The molecule has 0 aromatic heterocycles. The van der Waals surface area contributed by atoms with Gasteiger partial charge >= 0.3 is 18.3 Å². The highest BCUT2D eigenvalue weighted by Crippen LogP contribution is 2.42. The second-order valence-electron chi connectivity index (χ2n) is 7.33. The number of carbonyl (C=O) groups is 1. The van der Waals surface area contributed by atoms with Crippen LogP contribution in [0.25, 0.3) is 0 Å². The van der Waals surface area contributed by atoms with Crippen molar-refractivity contribution in [2.24, 2.45) is 0 Å². The third kappa shape index (κ3) is 4.97. The van der Waals surface area contributed by atoms with Gasteiger partial charge in [-0.15, -0.1) is 0 Å². The number of methoxy groups -OCH3 is 1. The van der Waals surface area contributed by atoms with Crippen molar-refractivity contribution in [3.63, 3.8) is 0 Å². The first kappa shape index (κ1) is 24.2. The molecule has 0 fully saturated rings. The maximum atomic E-state index is 13.4. The Kier molecular flexibility index (Phi) is 6.69. The van der Waals surface area contributed by atoms with Crippen molar-refractivity contribution in [1.29, 1.82) is 0 Å². The Bertz CT molecular complexity index is 977. The minimum absolute atomic E-state index is 0.0367. The van der Waals surface area contributed by atoms with E-state index in [-0.39, 0.29) is 18.7 Å². The lowest BCUT2D eigenvalue weighted by Crippen LogP contribution is -2.46. The maximum Gasteiger partial charge on any atom is 0.416 e. The lowest BCUT2D eigenvalue weighted by Gasteiger charge is -2.41. The van der Waals surface area contributed by atoms with E-state index < -0.39 is 41.1 Å². The number of ether oxygens (including phenoxy) is 1. The Morgan fingerprint density at radius 1 is 1.12 bits per heavy atom. The molecule has 2 aromatic rings. The number of benzene rings is 2. The number of fused-ring (bicyclic) bond motifs is 1. The Morgan fingerprint density at radius 3 is 2.22 bits per heavy atom. The van der Waals surface area contributed by atoms with Crippen molar-refractivity contribution in [2.45, 2.75) is 37.8 Å². The first-order valence-electron chi connectivity index (χ1n) is 9.55. The highest BCUT2D eigenvalue weighted by Gasteiger charge is 2.41. The molecule has 0 aliphatic carbocycles. The Balaban J connectivity index is 2.24. The number of alkyl halides is 6. The van der Waals surface area contributed by atoms with E-state index in [0.717, 1.165) is 7.11 Å². The van der Waals surface area contributed by atoms with E-state index in [1.165, 1.54) is 4.90 Å². The lowest BCUT2D eigenvalue weighted by atomic mass is 9.96. The summed E-state index contributed by atoms with van der Waals surface area (Å²) in [4.78, 5) is 14.2. The molecule has 1 aliphatic rings. The van der Waals surface area contributed by atoms with Crippen LogP contribution in [0, 0.1) is 0 Å². The first-order chi connectivity index (χ1) is 14.8. The summed E-state index contributed by atoms with van der Waals surface area (Å²) in [5.74, 6) is -0.972. The normalized spacial score (nSPS) is 17.4. The van der Waals surface area contributed by atoms with Gasteiger partial charge in [0.15, 0.2) is 6.04 Å². The van der Waals surface area contributed by atoms with Crippen LogP contribution in [-0.2, 0) is 21.9 Å². The predicted octanol–water partition coefficient (Wildman–Crippen LogP) is 6.41. The number of anilines is 2. The summed E-state index contributed by atoms with van der Waals surface area (Å²) < 4.78 is 86.0. The summed E-state index contributed by atoms with van der Waals surface area (Å²) in [5.41, 5.74) is -2.39. The number of hydrogen-bond donors (Lipinski definition) is 1. The molecule has 0 amide bonds. The molecule has 0 bridgehead atoms. The van der Waals surface area contributed by atoms with Crippen molar-refractivity contribution in [2.75, 3.05) is 23.9 Å². The van der Waals surface area contributed by atoms with Crippen LogP contribution in [0.3, 0.4) is 0 Å². The van der Waals surface area contributed by atoms with Gasteiger partial charge in [0.2, 0.25) is 0 Å². The number of hydrogen-bond acceptors (Lipinski definition) is 4. The van der Waals surface area contributed by atoms with Gasteiger partial charge in [-0.05, 0) is 48.4 Å². The van der Waals surface area contributed by atoms with E-state index in [1.54, 1.807) is 18.2 Å². The molecule has 1 heterocycles. The molecule has 2 unspecified atom stereocenters. The van der Waals surface area contributed by atoms with E-state index in [0.29, 0.717) is 34.4 Å². The molecule has 4 nitrogen and oxygen atoms in total. The smallest absolute Gasteiger partial charge is 0.416 e. The monoisotopic (exact) mass is 524 g/mol. The average Bonchev–Trinajstić information content (AvgIpc) is 2.72. The molecule has 2 aromatic carbocycles. The zero-order chi connectivity index (χ0) is 23.8. The van der Waals surface area contributed by atoms with Crippen LogP contribution in [0.1, 0.15) is 36.1 Å². The second kappa shape index (κ2) is 8.84. The van der Waals surface area contributed by atoms with Crippen LogP contribution in [-0.4, -0.2) is 25.7 Å². The number of rotatable bonds is 4. The van der Waals surface area contributed by atoms with Crippen molar-refractivity contribution in [3.8, 4) is 0 Å². The fourth-order valence-corrected chi connectivity index (χ4v) is 3.98. The summed E-state index contributed by atoms with van der Waals surface area (Å²) >= 11 is 3.32. The Labute approximate surface area is 188 Å². The highest BCUT2D eigenvalue weighted by atomic mass is 79.9. The molecular formula is C21H19BrF6N2O2. The van der Waals surface area contributed by atoms with E-state index in [2.05, 4.69) is 21.2 Å². The second-order valence-corrected chi connectivity index (χ2v) is 8.24. The molecular weight excluding hydrogens is 506 g/mol. The van der Waals surface area contributed by atoms with Crippen LogP contribution in [0.4, 0.5) is 37.7 Å². The molecule has 11 heteroatoms. The summed E-state index contributed by atoms with van der Waals surface area (Å²) in [6.07, 6.45) is -9.46. The molecule has 0 saturated heterocycles. The van der Waals surface area contributed by atoms with Crippen molar-refractivity contribution < 1.29 is 35.9 Å². The lowest BCUT2D eigenvalue weighted by molar-refractivity contribution is -0.145. The summed E-state index contributed by atoms with van der Waals surface area (Å²) in [6, 6.07) is 4.56. The molecule has 3 rings (SSSR count). The Hall–Kier alpha value is -2.43. The van der Waals surface area contributed by atoms with Gasteiger partial charge in [-0.3, -0.25) is 0 Å². The van der Waals surface area contributed by atoms with Gasteiger partial charge in [-0.2, -0.15) is 26.3 Å². The maximum absolute atomic E-state index is 13.4. The van der Waals surface area contributed by atoms with Gasteiger partial charge < -0.3 is 15.0 Å². The summed E-state index contributed by atoms with van der Waals surface area (Å²) in [6.45, 7) is 2.04. The molecule has 0 spiro atoms. The van der Waals surface area contributed by atoms with Gasteiger partial charge in [0.25, 0.3) is 0 Å². The quantitative estimate of drug-likeness (QED) is 0.370. The van der Waals surface area contributed by atoms with Gasteiger partial charge in [0.05, 0.1) is 29.6 Å². The number of halogens is 7. The summed E-state index contributed by atoms with van der Waals surface area (Å²) in [7, 11) is 1.04. The van der Waals surface area contributed by atoms with Crippen molar-refractivity contribution in [3.05, 3.63) is 57.6 Å². The van der Waals surface area contributed by atoms with Crippen LogP contribution >= 0.6 is 15.9 Å². The van der Waals surface area contributed by atoms with Crippen molar-refractivity contribution >= 4 is 33.3 Å². The zero-order valence-corrected chi connectivity index (χ0v) is 18.5. The van der Waals surface area contributed by atoms with E-state index in [4.69, 9.17) is 4.74 Å². The van der Waals surface area contributed by atoms with Crippen LogP contribution < -0.4 is 10.2 Å². The topological polar surface area (TPSA) is 41.6 Å². The predicted molar refractivity (Wildman–Crippen MR) is 110 cm³/mol. The fraction of sp³-hybridized carbons (Fsp3) is 0.381. The average molecular weight is 525 g/mol. The number of nitrogens with zero attached hydrogens (tertiary/aromatic N) is 1. The van der Waals surface area contributed by atoms with E-state index >= 15 is 0 Å². The standard InChI is InChI=1S/C21H19BrF6N2O2/c1-3-15-10-30(17-9-14(22)4-5-16(17)29-15)18(19(31)32-2)11-6-12(20(23,24)25)8-13(7-11)21(26,27)28/h4-9,15,18,29H,3,10H2,1-2H3. The zero-order valence-electron chi connectivity index (χ0n) is 16.9. The molecule has 0 radical (unpaired) electrons. The van der Waals surface area contributed by atoms with Crippen LogP contribution in [0.15, 0.2) is 40.9 Å². The molecule has 32 heavy (non-hydrogen) atoms.